The molecule has 0 unspecified atom stereocenters. The van der Waals surface area contributed by atoms with Crippen LogP contribution in [0.1, 0.15) is 38.5 Å². The summed E-state index contributed by atoms with van der Waals surface area (Å²) in [5.74, 6) is 0.184. The topological polar surface area (TPSA) is 29.5 Å². The van der Waals surface area contributed by atoms with E-state index in [4.69, 9.17) is 4.74 Å². The molecule has 15 heavy (non-hydrogen) atoms. The zero-order valence-corrected chi connectivity index (χ0v) is 10.00. The Morgan fingerprint density at radius 2 is 1.87 bits per heavy atom. The van der Waals surface area contributed by atoms with Crippen LogP contribution in [0.5, 0.6) is 0 Å². The van der Waals surface area contributed by atoms with Gasteiger partial charge in [0.15, 0.2) is 5.78 Å². The number of Topliss-reactive ketones (excluding diaryl/α,β-unsaturated/α-hetero) is 1. The van der Waals surface area contributed by atoms with Crippen LogP contribution >= 0.6 is 0 Å². The molecule has 0 aromatic carbocycles. The molecule has 0 aromatic heterocycles. The van der Waals surface area contributed by atoms with Gasteiger partial charge in [-0.2, -0.15) is 0 Å². The van der Waals surface area contributed by atoms with Gasteiger partial charge < -0.3 is 4.74 Å². The fraction of sp³-hybridized carbons (Fsp3) is 0.917. The normalized spacial score (nSPS) is 19.1. The molecule has 1 aliphatic carbocycles. The summed E-state index contributed by atoms with van der Waals surface area (Å²) in [4.78, 5) is 13.6. The SMILES string of the molecule is COCC(=O)CN(C)C1CCCCCC1. The van der Waals surface area contributed by atoms with Gasteiger partial charge in [0.05, 0.1) is 6.54 Å². The highest BCUT2D eigenvalue weighted by Gasteiger charge is 2.18. The summed E-state index contributed by atoms with van der Waals surface area (Å²) in [6.07, 6.45) is 7.83. The van der Waals surface area contributed by atoms with Crippen molar-refractivity contribution in [3.63, 3.8) is 0 Å². The predicted molar refractivity (Wildman–Crippen MR) is 61.0 cm³/mol. The van der Waals surface area contributed by atoms with Gasteiger partial charge in [-0.25, -0.2) is 0 Å². The van der Waals surface area contributed by atoms with Gasteiger partial charge in [-0.3, -0.25) is 9.69 Å². The summed E-state index contributed by atoms with van der Waals surface area (Å²) in [7, 11) is 3.63. The van der Waals surface area contributed by atoms with Crippen molar-refractivity contribution in [2.24, 2.45) is 0 Å². The van der Waals surface area contributed by atoms with E-state index in [1.807, 2.05) is 0 Å². The molecular weight excluding hydrogens is 190 g/mol. The van der Waals surface area contributed by atoms with Crippen molar-refractivity contribution in [1.82, 2.24) is 4.90 Å². The smallest absolute Gasteiger partial charge is 0.172 e. The molecule has 0 aromatic rings. The molecule has 0 aliphatic heterocycles. The van der Waals surface area contributed by atoms with Crippen molar-refractivity contribution in [1.29, 1.82) is 0 Å². The van der Waals surface area contributed by atoms with E-state index in [0.29, 0.717) is 12.6 Å². The number of hydrogen-bond donors (Lipinski definition) is 0. The Morgan fingerprint density at radius 3 is 2.40 bits per heavy atom. The van der Waals surface area contributed by atoms with Crippen molar-refractivity contribution < 1.29 is 9.53 Å². The van der Waals surface area contributed by atoms with Crippen LogP contribution < -0.4 is 0 Å². The van der Waals surface area contributed by atoms with Crippen molar-refractivity contribution in [3.8, 4) is 0 Å². The van der Waals surface area contributed by atoms with Gasteiger partial charge in [-0.15, -0.1) is 0 Å². The van der Waals surface area contributed by atoms with E-state index in [1.165, 1.54) is 38.5 Å². The van der Waals surface area contributed by atoms with Crippen molar-refractivity contribution >= 4 is 5.78 Å². The Balaban J connectivity index is 2.30. The highest BCUT2D eigenvalue weighted by molar-refractivity contribution is 5.81. The van der Waals surface area contributed by atoms with Crippen LogP contribution in [0.15, 0.2) is 0 Å². The lowest BCUT2D eigenvalue weighted by Crippen LogP contribution is -2.36. The molecule has 0 amide bonds. The first kappa shape index (κ1) is 12.7. The monoisotopic (exact) mass is 213 g/mol. The van der Waals surface area contributed by atoms with E-state index in [2.05, 4.69) is 11.9 Å². The number of nitrogens with zero attached hydrogens (tertiary/aromatic N) is 1. The van der Waals surface area contributed by atoms with Crippen molar-refractivity contribution in [3.05, 3.63) is 0 Å². The van der Waals surface area contributed by atoms with E-state index in [0.717, 1.165) is 0 Å². The van der Waals surface area contributed by atoms with Crippen LogP contribution in [0, 0.1) is 0 Å². The summed E-state index contributed by atoms with van der Waals surface area (Å²) in [6, 6.07) is 0.605. The third-order valence-corrected chi connectivity index (χ3v) is 3.18. The number of carbonyl (C=O) groups is 1. The van der Waals surface area contributed by atoms with E-state index < -0.39 is 0 Å². The summed E-state index contributed by atoms with van der Waals surface area (Å²) in [5, 5.41) is 0. The molecular formula is C12H23NO2. The third-order valence-electron chi connectivity index (χ3n) is 3.18. The average Bonchev–Trinajstić information content (AvgIpc) is 2.45. The second-order valence-electron chi connectivity index (χ2n) is 4.53. The van der Waals surface area contributed by atoms with E-state index in [1.54, 1.807) is 7.11 Å². The molecule has 1 saturated carbocycles. The Bertz CT molecular complexity index is 186. The highest BCUT2D eigenvalue weighted by atomic mass is 16.5. The Kier molecular flexibility index (Phi) is 5.88. The standard InChI is InChI=1S/C12H23NO2/c1-13(9-12(14)10-15-2)11-7-5-3-4-6-8-11/h11H,3-10H2,1-2H3. The van der Waals surface area contributed by atoms with Gasteiger partial charge in [-0.1, -0.05) is 25.7 Å². The van der Waals surface area contributed by atoms with E-state index in [-0.39, 0.29) is 12.4 Å². The number of methoxy groups -OCH3 is 1. The molecule has 0 radical (unpaired) electrons. The second-order valence-corrected chi connectivity index (χ2v) is 4.53. The van der Waals surface area contributed by atoms with Gasteiger partial charge in [0.2, 0.25) is 0 Å². The van der Waals surface area contributed by atoms with Gasteiger partial charge in [0, 0.05) is 13.2 Å². The first-order chi connectivity index (χ1) is 7.24. The van der Waals surface area contributed by atoms with Crippen LogP contribution in [0.4, 0.5) is 0 Å². The molecule has 88 valence electrons. The zero-order valence-electron chi connectivity index (χ0n) is 10.00. The quantitative estimate of drug-likeness (QED) is 0.653. The number of ether oxygens (including phenoxy) is 1. The number of ketones is 1. The number of likely N-dealkylation sites (N-methyl/N-ethyl adjacent to an activating group) is 1. The molecule has 0 bridgehead atoms. The van der Waals surface area contributed by atoms with Crippen LogP contribution in [-0.4, -0.2) is 44.0 Å². The Hall–Kier alpha value is -0.410. The van der Waals surface area contributed by atoms with Crippen LogP contribution in [-0.2, 0) is 9.53 Å². The molecule has 0 atom stereocenters. The van der Waals surface area contributed by atoms with E-state index >= 15 is 0 Å². The second kappa shape index (κ2) is 6.96. The van der Waals surface area contributed by atoms with Gasteiger partial charge >= 0.3 is 0 Å². The number of carbonyl (C=O) groups excluding carboxylic acids is 1. The molecule has 0 heterocycles. The molecule has 3 heteroatoms. The summed E-state index contributed by atoms with van der Waals surface area (Å²) in [6.45, 7) is 0.787. The van der Waals surface area contributed by atoms with Crippen LogP contribution in [0.3, 0.4) is 0 Å². The average molecular weight is 213 g/mol. The van der Waals surface area contributed by atoms with Crippen LogP contribution in [0.2, 0.25) is 0 Å². The molecule has 0 N–H and O–H groups in total. The fourth-order valence-corrected chi connectivity index (χ4v) is 2.31. The largest absolute Gasteiger partial charge is 0.377 e. The Morgan fingerprint density at radius 1 is 1.27 bits per heavy atom. The van der Waals surface area contributed by atoms with Crippen molar-refractivity contribution in [2.75, 3.05) is 27.3 Å². The molecule has 1 aliphatic rings. The lowest BCUT2D eigenvalue weighted by Gasteiger charge is -2.26. The molecule has 1 fully saturated rings. The van der Waals surface area contributed by atoms with Crippen molar-refractivity contribution in [2.45, 2.75) is 44.6 Å². The highest BCUT2D eigenvalue weighted by Crippen LogP contribution is 2.20. The maximum Gasteiger partial charge on any atom is 0.172 e. The fourth-order valence-electron chi connectivity index (χ4n) is 2.31. The van der Waals surface area contributed by atoms with Crippen LogP contribution in [0.25, 0.3) is 0 Å². The zero-order chi connectivity index (χ0) is 11.1. The van der Waals surface area contributed by atoms with E-state index in [9.17, 15) is 4.79 Å². The maximum absolute atomic E-state index is 11.4. The third kappa shape index (κ3) is 4.76. The van der Waals surface area contributed by atoms with Gasteiger partial charge in [0.25, 0.3) is 0 Å². The summed E-state index contributed by atoms with van der Waals surface area (Å²) in [5.41, 5.74) is 0. The first-order valence-electron chi connectivity index (χ1n) is 5.95. The van der Waals surface area contributed by atoms with Gasteiger partial charge in [0.1, 0.15) is 6.61 Å². The molecule has 1 rings (SSSR count). The lowest BCUT2D eigenvalue weighted by atomic mass is 10.1. The maximum atomic E-state index is 11.4. The summed E-state index contributed by atoms with van der Waals surface area (Å²) >= 11 is 0. The predicted octanol–water partition coefficient (Wildman–Crippen LogP) is 1.86. The number of rotatable bonds is 5. The first-order valence-corrected chi connectivity index (χ1v) is 5.95. The lowest BCUT2D eigenvalue weighted by molar-refractivity contribution is -0.124. The molecule has 3 nitrogen and oxygen atoms in total. The number of hydrogen-bond acceptors (Lipinski definition) is 3. The Labute approximate surface area is 92.8 Å². The minimum Gasteiger partial charge on any atom is -0.377 e. The minimum absolute atomic E-state index is 0.184. The molecule has 0 saturated heterocycles. The van der Waals surface area contributed by atoms with Gasteiger partial charge in [-0.05, 0) is 19.9 Å². The minimum atomic E-state index is 0.184. The summed E-state index contributed by atoms with van der Waals surface area (Å²) < 4.78 is 4.84. The molecule has 0 spiro atoms.